The van der Waals surface area contributed by atoms with Crippen LogP contribution in [0.5, 0.6) is 0 Å². The van der Waals surface area contributed by atoms with Gasteiger partial charge in [0.15, 0.2) is 0 Å². The quantitative estimate of drug-likeness (QED) is 0.798. The molecule has 0 aromatic heterocycles. The fraction of sp³-hybridized carbons (Fsp3) is 0.176. The van der Waals surface area contributed by atoms with E-state index in [1.165, 1.54) is 11.1 Å². The van der Waals surface area contributed by atoms with Crippen LogP contribution < -0.4 is 5.73 Å². The molecule has 0 aliphatic heterocycles. The summed E-state index contributed by atoms with van der Waals surface area (Å²) in [5.74, 6) is 0.316. The van der Waals surface area contributed by atoms with E-state index in [2.05, 4.69) is 43.8 Å². The Morgan fingerprint density at radius 1 is 0.944 bits per heavy atom. The molecule has 0 spiro atoms. The van der Waals surface area contributed by atoms with E-state index in [4.69, 9.17) is 5.73 Å². The van der Waals surface area contributed by atoms with Crippen molar-refractivity contribution in [2.24, 2.45) is 5.73 Å². The van der Waals surface area contributed by atoms with Crippen LogP contribution in [0.2, 0.25) is 0 Å². The van der Waals surface area contributed by atoms with Crippen LogP contribution in [0.3, 0.4) is 0 Å². The molecule has 0 radical (unpaired) electrons. The van der Waals surface area contributed by atoms with E-state index in [0.717, 1.165) is 5.56 Å². The Labute approximate surface area is 109 Å². The Morgan fingerprint density at radius 3 is 2.11 bits per heavy atom. The Kier molecular flexibility index (Phi) is 3.96. The van der Waals surface area contributed by atoms with Gasteiger partial charge >= 0.3 is 0 Å². The summed E-state index contributed by atoms with van der Waals surface area (Å²) in [6, 6.07) is 18.4. The number of rotatable bonds is 4. The molecule has 0 heterocycles. The van der Waals surface area contributed by atoms with Crippen LogP contribution in [-0.4, -0.2) is 0 Å². The number of hydrogen-bond acceptors (Lipinski definition) is 1. The van der Waals surface area contributed by atoms with Crippen molar-refractivity contribution in [3.63, 3.8) is 0 Å². The standard InChI is InChI=1S/C17H19N/c1-3-13(2)15-11-7-8-12-16(15)17(18)14-9-5-4-6-10-14/h3-13,17H,1,18H2,2H3. The van der Waals surface area contributed by atoms with Gasteiger partial charge in [-0.1, -0.05) is 67.6 Å². The van der Waals surface area contributed by atoms with Crippen LogP contribution >= 0.6 is 0 Å². The van der Waals surface area contributed by atoms with E-state index in [0.29, 0.717) is 5.92 Å². The van der Waals surface area contributed by atoms with Crippen molar-refractivity contribution in [3.05, 3.63) is 83.9 Å². The second-order valence-electron chi connectivity index (χ2n) is 4.54. The minimum atomic E-state index is -0.0789. The highest BCUT2D eigenvalue weighted by atomic mass is 14.6. The second-order valence-corrected chi connectivity index (χ2v) is 4.54. The summed E-state index contributed by atoms with van der Waals surface area (Å²) in [6.07, 6.45) is 1.95. The molecule has 0 aliphatic rings. The van der Waals surface area contributed by atoms with E-state index in [1.807, 2.05) is 30.3 Å². The van der Waals surface area contributed by atoms with Crippen LogP contribution in [0.15, 0.2) is 67.3 Å². The Bertz CT molecular complexity index is 516. The minimum Gasteiger partial charge on any atom is -0.320 e. The zero-order valence-corrected chi connectivity index (χ0v) is 10.7. The van der Waals surface area contributed by atoms with Crippen LogP contribution in [0.25, 0.3) is 0 Å². The Morgan fingerprint density at radius 2 is 1.50 bits per heavy atom. The van der Waals surface area contributed by atoms with Crippen molar-refractivity contribution in [3.8, 4) is 0 Å². The molecular formula is C17H19N. The number of benzene rings is 2. The van der Waals surface area contributed by atoms with Gasteiger partial charge in [0.25, 0.3) is 0 Å². The topological polar surface area (TPSA) is 26.0 Å². The van der Waals surface area contributed by atoms with E-state index >= 15 is 0 Å². The third-order valence-electron chi connectivity index (χ3n) is 3.33. The Hall–Kier alpha value is -1.86. The first-order valence-electron chi connectivity index (χ1n) is 6.26. The molecule has 0 saturated carbocycles. The predicted octanol–water partition coefficient (Wildman–Crippen LogP) is 4.02. The first kappa shape index (κ1) is 12.6. The van der Waals surface area contributed by atoms with Crippen LogP contribution in [0.4, 0.5) is 0 Å². The first-order valence-corrected chi connectivity index (χ1v) is 6.26. The van der Waals surface area contributed by atoms with Crippen molar-refractivity contribution in [1.82, 2.24) is 0 Å². The fourth-order valence-corrected chi connectivity index (χ4v) is 2.18. The van der Waals surface area contributed by atoms with Gasteiger partial charge in [0.1, 0.15) is 0 Å². The van der Waals surface area contributed by atoms with Crippen molar-refractivity contribution in [2.75, 3.05) is 0 Å². The molecule has 92 valence electrons. The van der Waals surface area contributed by atoms with Crippen LogP contribution in [0, 0.1) is 0 Å². The van der Waals surface area contributed by atoms with Gasteiger partial charge in [-0.2, -0.15) is 0 Å². The van der Waals surface area contributed by atoms with E-state index in [1.54, 1.807) is 0 Å². The maximum Gasteiger partial charge on any atom is 0.0554 e. The van der Waals surface area contributed by atoms with Crippen molar-refractivity contribution < 1.29 is 0 Å². The molecule has 18 heavy (non-hydrogen) atoms. The SMILES string of the molecule is C=CC(C)c1ccccc1C(N)c1ccccc1. The zero-order valence-electron chi connectivity index (χ0n) is 10.7. The summed E-state index contributed by atoms with van der Waals surface area (Å²) in [4.78, 5) is 0. The lowest BCUT2D eigenvalue weighted by atomic mass is 9.89. The van der Waals surface area contributed by atoms with Crippen molar-refractivity contribution in [2.45, 2.75) is 18.9 Å². The maximum atomic E-state index is 6.38. The molecule has 0 saturated heterocycles. The smallest absolute Gasteiger partial charge is 0.0554 e. The molecule has 2 atom stereocenters. The van der Waals surface area contributed by atoms with Crippen molar-refractivity contribution in [1.29, 1.82) is 0 Å². The third kappa shape index (κ3) is 2.52. The summed E-state index contributed by atoms with van der Waals surface area (Å²) in [5, 5.41) is 0. The highest BCUT2D eigenvalue weighted by Gasteiger charge is 2.14. The second kappa shape index (κ2) is 5.65. The van der Waals surface area contributed by atoms with E-state index in [-0.39, 0.29) is 6.04 Å². The molecule has 0 fully saturated rings. The van der Waals surface area contributed by atoms with Gasteiger partial charge in [-0.3, -0.25) is 0 Å². The van der Waals surface area contributed by atoms with Gasteiger partial charge in [0.2, 0.25) is 0 Å². The lowest BCUT2D eigenvalue weighted by Gasteiger charge is -2.19. The lowest BCUT2D eigenvalue weighted by molar-refractivity contribution is 0.828. The molecule has 2 aromatic carbocycles. The lowest BCUT2D eigenvalue weighted by Crippen LogP contribution is -2.14. The minimum absolute atomic E-state index is 0.0789. The van der Waals surface area contributed by atoms with Gasteiger partial charge in [0.05, 0.1) is 6.04 Å². The fourth-order valence-electron chi connectivity index (χ4n) is 2.18. The summed E-state index contributed by atoms with van der Waals surface area (Å²) in [5.41, 5.74) is 9.95. The number of hydrogen-bond donors (Lipinski definition) is 1. The number of nitrogens with two attached hydrogens (primary N) is 1. The van der Waals surface area contributed by atoms with Gasteiger partial charge in [-0.05, 0) is 22.6 Å². The van der Waals surface area contributed by atoms with Gasteiger partial charge in [-0.25, -0.2) is 0 Å². The summed E-state index contributed by atoms with van der Waals surface area (Å²) in [6.45, 7) is 6.01. The molecule has 2 rings (SSSR count). The molecule has 1 nitrogen and oxygen atoms in total. The van der Waals surface area contributed by atoms with Gasteiger partial charge < -0.3 is 5.73 Å². The van der Waals surface area contributed by atoms with E-state index < -0.39 is 0 Å². The summed E-state index contributed by atoms with van der Waals surface area (Å²) < 4.78 is 0. The molecule has 2 N–H and O–H groups in total. The van der Waals surface area contributed by atoms with Gasteiger partial charge in [0, 0.05) is 0 Å². The molecule has 0 bridgehead atoms. The molecule has 2 aromatic rings. The molecule has 1 heteroatoms. The maximum absolute atomic E-state index is 6.38. The highest BCUT2D eigenvalue weighted by Crippen LogP contribution is 2.28. The van der Waals surface area contributed by atoms with Crippen LogP contribution in [0.1, 0.15) is 35.6 Å². The number of allylic oxidation sites excluding steroid dienone is 1. The molecule has 0 amide bonds. The van der Waals surface area contributed by atoms with E-state index in [9.17, 15) is 0 Å². The normalized spacial score (nSPS) is 13.9. The van der Waals surface area contributed by atoms with Crippen molar-refractivity contribution >= 4 is 0 Å². The molecule has 2 unspecified atom stereocenters. The zero-order chi connectivity index (χ0) is 13.0. The third-order valence-corrected chi connectivity index (χ3v) is 3.33. The summed E-state index contributed by atoms with van der Waals surface area (Å²) >= 11 is 0. The Balaban J connectivity index is 2.42. The largest absolute Gasteiger partial charge is 0.320 e. The molecule has 0 aliphatic carbocycles. The molecular weight excluding hydrogens is 218 g/mol. The average molecular weight is 237 g/mol. The monoisotopic (exact) mass is 237 g/mol. The highest BCUT2D eigenvalue weighted by molar-refractivity contribution is 5.39. The summed E-state index contributed by atoms with van der Waals surface area (Å²) in [7, 11) is 0. The predicted molar refractivity (Wildman–Crippen MR) is 77.5 cm³/mol. The van der Waals surface area contributed by atoms with Crippen LogP contribution in [-0.2, 0) is 0 Å². The van der Waals surface area contributed by atoms with Gasteiger partial charge in [-0.15, -0.1) is 6.58 Å². The average Bonchev–Trinajstić information content (AvgIpc) is 2.46. The first-order chi connectivity index (χ1) is 8.74.